The van der Waals surface area contributed by atoms with Crippen molar-refractivity contribution in [2.24, 2.45) is 0 Å². The van der Waals surface area contributed by atoms with Crippen LogP contribution >= 0.6 is 11.8 Å². The molecule has 0 saturated carbocycles. The summed E-state index contributed by atoms with van der Waals surface area (Å²) < 4.78 is 0. The van der Waals surface area contributed by atoms with Gasteiger partial charge in [-0.25, -0.2) is 0 Å². The smallest absolute Gasteiger partial charge is 0.220 e. The summed E-state index contributed by atoms with van der Waals surface area (Å²) >= 11 is 1.43. The van der Waals surface area contributed by atoms with Gasteiger partial charge in [0.05, 0.1) is 0 Å². The fourth-order valence-corrected chi connectivity index (χ4v) is 4.26. The SMILES string of the molecule is CCc1ccccc1-c1ccccc1C(=O)SC(CC)c1ccccc1. The largest absolute Gasteiger partial charge is 0.282 e. The van der Waals surface area contributed by atoms with Gasteiger partial charge >= 0.3 is 0 Å². The number of hydrogen-bond donors (Lipinski definition) is 0. The average Bonchev–Trinajstić information content (AvgIpc) is 2.72. The molecule has 3 aromatic carbocycles. The minimum Gasteiger partial charge on any atom is -0.282 e. The van der Waals surface area contributed by atoms with E-state index in [1.165, 1.54) is 22.9 Å². The first kappa shape index (κ1) is 18.5. The first-order valence-electron chi connectivity index (χ1n) is 9.17. The van der Waals surface area contributed by atoms with Gasteiger partial charge in [0, 0.05) is 10.8 Å². The average molecular weight is 361 g/mol. The molecule has 0 spiro atoms. The van der Waals surface area contributed by atoms with Crippen molar-refractivity contribution >= 4 is 16.9 Å². The predicted molar refractivity (Wildman–Crippen MR) is 113 cm³/mol. The van der Waals surface area contributed by atoms with Crippen LogP contribution in [0.25, 0.3) is 11.1 Å². The van der Waals surface area contributed by atoms with E-state index in [2.05, 4.69) is 50.2 Å². The molecule has 3 aromatic rings. The van der Waals surface area contributed by atoms with Crippen molar-refractivity contribution < 1.29 is 4.79 Å². The lowest BCUT2D eigenvalue weighted by Gasteiger charge is -2.16. The van der Waals surface area contributed by atoms with E-state index in [0.29, 0.717) is 0 Å². The van der Waals surface area contributed by atoms with E-state index < -0.39 is 0 Å². The van der Waals surface area contributed by atoms with Gasteiger partial charge in [0.15, 0.2) is 0 Å². The topological polar surface area (TPSA) is 17.1 Å². The maximum absolute atomic E-state index is 13.1. The molecular weight excluding hydrogens is 336 g/mol. The predicted octanol–water partition coefficient (Wildman–Crippen LogP) is 6.94. The summed E-state index contributed by atoms with van der Waals surface area (Å²) in [5.74, 6) is 0. The monoisotopic (exact) mass is 360 g/mol. The first-order valence-corrected chi connectivity index (χ1v) is 10.1. The van der Waals surface area contributed by atoms with E-state index in [1.807, 2.05) is 42.5 Å². The molecule has 0 aliphatic carbocycles. The normalized spacial score (nSPS) is 11.9. The van der Waals surface area contributed by atoms with Gasteiger partial charge in [-0.2, -0.15) is 0 Å². The Morgan fingerprint density at radius 3 is 2.12 bits per heavy atom. The van der Waals surface area contributed by atoms with E-state index in [1.54, 1.807) is 0 Å². The molecule has 2 heteroatoms. The van der Waals surface area contributed by atoms with Crippen molar-refractivity contribution in [3.8, 4) is 11.1 Å². The highest BCUT2D eigenvalue weighted by Gasteiger charge is 2.19. The molecule has 0 radical (unpaired) electrons. The van der Waals surface area contributed by atoms with Crippen LogP contribution in [0.15, 0.2) is 78.9 Å². The van der Waals surface area contributed by atoms with Crippen molar-refractivity contribution in [2.75, 3.05) is 0 Å². The summed E-state index contributed by atoms with van der Waals surface area (Å²) in [4.78, 5) is 13.1. The highest BCUT2D eigenvalue weighted by Crippen LogP contribution is 2.37. The number of thioether (sulfide) groups is 1. The lowest BCUT2D eigenvalue weighted by atomic mass is 9.95. The fraction of sp³-hybridized carbons (Fsp3) is 0.208. The summed E-state index contributed by atoms with van der Waals surface area (Å²) in [5.41, 5.74) is 5.47. The lowest BCUT2D eigenvalue weighted by molar-refractivity contribution is 0.108. The van der Waals surface area contributed by atoms with Gasteiger partial charge in [0.25, 0.3) is 0 Å². The molecule has 1 unspecified atom stereocenters. The molecule has 1 nitrogen and oxygen atoms in total. The van der Waals surface area contributed by atoms with Crippen molar-refractivity contribution in [3.63, 3.8) is 0 Å². The third-order valence-electron chi connectivity index (χ3n) is 4.63. The number of benzene rings is 3. The van der Waals surface area contributed by atoms with Crippen molar-refractivity contribution in [1.82, 2.24) is 0 Å². The third-order valence-corrected chi connectivity index (χ3v) is 5.95. The highest BCUT2D eigenvalue weighted by atomic mass is 32.2. The van der Waals surface area contributed by atoms with E-state index >= 15 is 0 Å². The molecule has 0 aliphatic rings. The Hall–Kier alpha value is -2.32. The molecular formula is C24H24OS. The van der Waals surface area contributed by atoms with Gasteiger partial charge in [-0.15, -0.1) is 0 Å². The molecule has 0 aromatic heterocycles. The van der Waals surface area contributed by atoms with Crippen LogP contribution in [0, 0.1) is 0 Å². The molecule has 3 rings (SSSR count). The Balaban J connectivity index is 1.93. The van der Waals surface area contributed by atoms with E-state index in [4.69, 9.17) is 0 Å². The summed E-state index contributed by atoms with van der Waals surface area (Å²) in [7, 11) is 0. The molecule has 26 heavy (non-hydrogen) atoms. The number of carbonyl (C=O) groups excluding carboxylic acids is 1. The second-order valence-electron chi connectivity index (χ2n) is 6.27. The highest BCUT2D eigenvalue weighted by molar-refractivity contribution is 8.14. The minimum absolute atomic E-state index is 0.141. The van der Waals surface area contributed by atoms with Crippen molar-refractivity contribution in [2.45, 2.75) is 31.9 Å². The number of rotatable bonds is 6. The van der Waals surface area contributed by atoms with E-state index in [9.17, 15) is 4.79 Å². The van der Waals surface area contributed by atoms with E-state index in [-0.39, 0.29) is 10.4 Å². The van der Waals surface area contributed by atoms with Crippen LogP contribution < -0.4 is 0 Å². The Bertz CT molecular complexity index is 870. The Labute approximate surface area is 160 Å². The molecule has 132 valence electrons. The van der Waals surface area contributed by atoms with Crippen molar-refractivity contribution in [1.29, 1.82) is 0 Å². The Morgan fingerprint density at radius 1 is 0.808 bits per heavy atom. The van der Waals surface area contributed by atoms with Crippen LogP contribution in [0.2, 0.25) is 0 Å². The van der Waals surface area contributed by atoms with Gasteiger partial charge in [0.1, 0.15) is 0 Å². The summed E-state index contributed by atoms with van der Waals surface area (Å²) in [6, 6.07) is 26.6. The second kappa shape index (κ2) is 8.86. The third kappa shape index (κ3) is 4.08. The standard InChI is InChI=1S/C24H24OS/c1-3-18-12-8-9-15-20(18)21-16-10-11-17-22(21)24(25)26-23(4-2)19-13-6-5-7-14-19/h5-17,23H,3-4H2,1-2H3. The minimum atomic E-state index is 0.141. The van der Waals surface area contributed by atoms with Gasteiger partial charge in [0.2, 0.25) is 5.12 Å². The molecule has 0 amide bonds. The quantitative estimate of drug-likeness (QED) is 0.473. The molecule has 1 atom stereocenters. The molecule has 0 bridgehead atoms. The molecule has 0 N–H and O–H groups in total. The van der Waals surface area contributed by atoms with Gasteiger partial charge < -0.3 is 0 Å². The number of aryl methyl sites for hydroxylation is 1. The summed E-state index contributed by atoms with van der Waals surface area (Å²) in [6.45, 7) is 4.29. The Morgan fingerprint density at radius 2 is 1.42 bits per heavy atom. The maximum Gasteiger partial charge on any atom is 0.220 e. The van der Waals surface area contributed by atoms with Crippen LogP contribution in [-0.4, -0.2) is 5.12 Å². The lowest BCUT2D eigenvalue weighted by Crippen LogP contribution is -2.02. The summed E-state index contributed by atoms with van der Waals surface area (Å²) in [6.07, 6.45) is 1.88. The van der Waals surface area contributed by atoms with Gasteiger partial charge in [-0.3, -0.25) is 4.79 Å². The Kier molecular flexibility index (Phi) is 6.30. The maximum atomic E-state index is 13.1. The first-order chi connectivity index (χ1) is 12.7. The second-order valence-corrected chi connectivity index (χ2v) is 7.44. The zero-order valence-electron chi connectivity index (χ0n) is 15.3. The van der Waals surface area contributed by atoms with Gasteiger partial charge in [-0.05, 0) is 41.2 Å². The number of hydrogen-bond acceptors (Lipinski definition) is 2. The van der Waals surface area contributed by atoms with Crippen LogP contribution in [0.3, 0.4) is 0 Å². The molecule has 0 saturated heterocycles. The zero-order chi connectivity index (χ0) is 18.4. The van der Waals surface area contributed by atoms with Crippen LogP contribution in [-0.2, 0) is 6.42 Å². The van der Waals surface area contributed by atoms with Crippen LogP contribution in [0.4, 0.5) is 0 Å². The molecule has 0 heterocycles. The van der Waals surface area contributed by atoms with E-state index in [0.717, 1.165) is 29.5 Å². The van der Waals surface area contributed by atoms with Gasteiger partial charge in [-0.1, -0.05) is 98.4 Å². The fourth-order valence-electron chi connectivity index (χ4n) is 3.23. The van der Waals surface area contributed by atoms with Crippen LogP contribution in [0.1, 0.15) is 47.0 Å². The zero-order valence-corrected chi connectivity index (χ0v) is 16.1. The molecule has 0 fully saturated rings. The van der Waals surface area contributed by atoms with Crippen molar-refractivity contribution in [3.05, 3.63) is 95.6 Å². The van der Waals surface area contributed by atoms with Crippen LogP contribution in [0.5, 0.6) is 0 Å². The number of carbonyl (C=O) groups is 1. The summed E-state index contributed by atoms with van der Waals surface area (Å²) in [5, 5.41) is 0.320. The molecule has 0 aliphatic heterocycles.